The molecule has 2 amide bonds. The number of pyridine rings is 1. The van der Waals surface area contributed by atoms with Crippen molar-refractivity contribution in [3.63, 3.8) is 0 Å². The van der Waals surface area contributed by atoms with Crippen molar-refractivity contribution in [3.05, 3.63) is 118 Å². The highest BCUT2D eigenvalue weighted by molar-refractivity contribution is 6.00. The van der Waals surface area contributed by atoms with Crippen LogP contribution in [0.25, 0.3) is 11.1 Å². The quantitative estimate of drug-likeness (QED) is 0.228. The van der Waals surface area contributed by atoms with Crippen LogP contribution in [0.15, 0.2) is 89.9 Å². The van der Waals surface area contributed by atoms with Crippen molar-refractivity contribution in [2.24, 2.45) is 0 Å². The Hall–Kier alpha value is -4.65. The first-order valence-corrected chi connectivity index (χ1v) is 13.0. The maximum atomic E-state index is 13.4. The number of nitrogens with one attached hydrogen (secondary N) is 2. The van der Waals surface area contributed by atoms with Crippen LogP contribution in [0.3, 0.4) is 0 Å². The predicted molar refractivity (Wildman–Crippen MR) is 156 cm³/mol. The molecule has 200 valence electrons. The van der Waals surface area contributed by atoms with Gasteiger partial charge in [-0.3, -0.25) is 9.59 Å². The molecule has 0 saturated carbocycles. The van der Waals surface area contributed by atoms with Crippen LogP contribution in [0, 0.1) is 6.92 Å². The highest BCUT2D eigenvalue weighted by Crippen LogP contribution is 2.25. The van der Waals surface area contributed by atoms with Crippen molar-refractivity contribution in [1.29, 1.82) is 0 Å². The van der Waals surface area contributed by atoms with Gasteiger partial charge < -0.3 is 20.3 Å². The van der Waals surface area contributed by atoms with Crippen molar-refractivity contribution in [2.75, 3.05) is 10.6 Å². The molecule has 0 bridgehead atoms. The second-order valence-corrected chi connectivity index (χ2v) is 9.71. The number of aliphatic carboxylic acids is 1. The Morgan fingerprint density at radius 3 is 2.33 bits per heavy atom. The average molecular weight is 524 g/mol. The number of amides is 2. The molecule has 0 fully saturated rings. The molecule has 7 heteroatoms. The van der Waals surface area contributed by atoms with Gasteiger partial charge >= 0.3 is 12.0 Å². The number of carbonyl (C=O) groups excluding carboxylic acids is 1. The molecule has 0 aliphatic rings. The fourth-order valence-corrected chi connectivity index (χ4v) is 4.57. The van der Waals surface area contributed by atoms with Gasteiger partial charge in [-0.05, 0) is 77.4 Å². The Morgan fingerprint density at radius 2 is 1.64 bits per heavy atom. The maximum Gasteiger partial charge on any atom is 0.323 e. The first-order valence-electron chi connectivity index (χ1n) is 13.0. The third-order valence-corrected chi connectivity index (χ3v) is 6.84. The summed E-state index contributed by atoms with van der Waals surface area (Å²) in [6.45, 7) is 6.24. The summed E-state index contributed by atoms with van der Waals surface area (Å²) in [5.74, 6) is -0.906. The van der Waals surface area contributed by atoms with Crippen molar-refractivity contribution >= 4 is 23.4 Å². The largest absolute Gasteiger partial charge is 0.481 e. The van der Waals surface area contributed by atoms with E-state index in [1.807, 2.05) is 99.6 Å². The van der Waals surface area contributed by atoms with Gasteiger partial charge in [-0.1, -0.05) is 62.4 Å². The van der Waals surface area contributed by atoms with E-state index in [4.69, 9.17) is 5.11 Å². The van der Waals surface area contributed by atoms with E-state index < -0.39 is 5.97 Å². The first-order chi connectivity index (χ1) is 18.7. The fourth-order valence-electron chi connectivity index (χ4n) is 4.57. The minimum Gasteiger partial charge on any atom is -0.481 e. The van der Waals surface area contributed by atoms with Crippen molar-refractivity contribution in [2.45, 2.75) is 46.1 Å². The number of nitrogens with zero attached hydrogens (tertiary/aromatic N) is 1. The van der Waals surface area contributed by atoms with E-state index in [1.54, 1.807) is 10.8 Å². The molecule has 4 aromatic rings. The summed E-state index contributed by atoms with van der Waals surface area (Å²) in [7, 11) is 0. The van der Waals surface area contributed by atoms with E-state index in [0.717, 1.165) is 33.5 Å². The monoisotopic (exact) mass is 523 g/mol. The number of urea groups is 1. The minimum absolute atomic E-state index is 0.0757. The predicted octanol–water partition coefficient (Wildman–Crippen LogP) is 6.66. The standard InChI is InChI=1S/C32H33N3O4/c1-4-24-19-26(15-16-29(24)34-32(39)33-28-10-6-5-8-21(28)2)27-9-7-17-35(31(27)38)20-23-11-13-25(14-12-23)22(3)18-30(36)37/h5-17,19,22H,4,18,20H2,1-3H3,(H,36,37)(H2,33,34,39)/t22-/m0/s1. The Balaban J connectivity index is 1.51. The maximum absolute atomic E-state index is 13.4. The SMILES string of the molecule is CCc1cc(-c2cccn(Cc3ccc([C@@H](C)CC(=O)O)cc3)c2=O)ccc1NC(=O)Nc1ccccc1C. The molecule has 39 heavy (non-hydrogen) atoms. The van der Waals surface area contributed by atoms with E-state index in [-0.39, 0.29) is 23.9 Å². The van der Waals surface area contributed by atoms with Crippen LogP contribution in [-0.4, -0.2) is 21.7 Å². The van der Waals surface area contributed by atoms with Gasteiger partial charge in [-0.25, -0.2) is 4.79 Å². The number of anilines is 2. The molecule has 4 rings (SSSR count). The Bertz CT molecular complexity index is 1540. The molecular weight excluding hydrogens is 490 g/mol. The zero-order valence-corrected chi connectivity index (χ0v) is 22.4. The highest BCUT2D eigenvalue weighted by Gasteiger charge is 2.13. The van der Waals surface area contributed by atoms with E-state index in [1.165, 1.54) is 0 Å². The number of aromatic nitrogens is 1. The summed E-state index contributed by atoms with van der Waals surface area (Å²) >= 11 is 0. The molecule has 3 N–H and O–H groups in total. The molecule has 0 aliphatic carbocycles. The zero-order valence-electron chi connectivity index (χ0n) is 22.4. The molecule has 7 nitrogen and oxygen atoms in total. The number of carbonyl (C=O) groups is 2. The van der Waals surface area contributed by atoms with Gasteiger partial charge in [-0.2, -0.15) is 0 Å². The number of hydrogen-bond donors (Lipinski definition) is 3. The minimum atomic E-state index is -0.824. The third-order valence-electron chi connectivity index (χ3n) is 6.84. The summed E-state index contributed by atoms with van der Waals surface area (Å²) in [5.41, 5.74) is 6.50. The van der Waals surface area contributed by atoms with E-state index >= 15 is 0 Å². The molecular formula is C32H33N3O4. The number of para-hydroxylation sites is 1. The Kier molecular flexibility index (Phi) is 8.61. The van der Waals surface area contributed by atoms with Gasteiger partial charge in [0, 0.05) is 23.1 Å². The molecule has 1 heterocycles. The smallest absolute Gasteiger partial charge is 0.323 e. The van der Waals surface area contributed by atoms with Crippen LogP contribution in [0.4, 0.5) is 16.2 Å². The number of benzene rings is 3. The van der Waals surface area contributed by atoms with E-state index in [9.17, 15) is 14.4 Å². The summed E-state index contributed by atoms with van der Waals surface area (Å²) in [6, 6.07) is 24.3. The summed E-state index contributed by atoms with van der Waals surface area (Å²) in [6.07, 6.45) is 2.52. The molecule has 0 aliphatic heterocycles. The van der Waals surface area contributed by atoms with Crippen molar-refractivity contribution in [3.8, 4) is 11.1 Å². The molecule has 0 saturated heterocycles. The second kappa shape index (κ2) is 12.3. The molecule has 0 spiro atoms. The second-order valence-electron chi connectivity index (χ2n) is 9.71. The lowest BCUT2D eigenvalue weighted by molar-refractivity contribution is -0.137. The van der Waals surface area contributed by atoms with E-state index in [0.29, 0.717) is 24.2 Å². The van der Waals surface area contributed by atoms with Gasteiger partial charge in [0.1, 0.15) is 0 Å². The lowest BCUT2D eigenvalue weighted by Gasteiger charge is -2.14. The van der Waals surface area contributed by atoms with Gasteiger partial charge in [0.15, 0.2) is 0 Å². The number of carboxylic acid groups (broad SMARTS) is 1. The van der Waals surface area contributed by atoms with Crippen LogP contribution in [0.2, 0.25) is 0 Å². The third kappa shape index (κ3) is 6.82. The number of rotatable bonds is 9. The number of aryl methyl sites for hydroxylation is 2. The summed E-state index contributed by atoms with van der Waals surface area (Å²) in [4.78, 5) is 37.0. The number of hydrogen-bond acceptors (Lipinski definition) is 3. The summed E-state index contributed by atoms with van der Waals surface area (Å²) < 4.78 is 1.67. The van der Waals surface area contributed by atoms with Crippen LogP contribution in [0.1, 0.15) is 48.4 Å². The normalized spacial score (nSPS) is 11.6. The highest BCUT2D eigenvalue weighted by atomic mass is 16.4. The zero-order chi connectivity index (χ0) is 27.9. The van der Waals surface area contributed by atoms with E-state index in [2.05, 4.69) is 10.6 Å². The topological polar surface area (TPSA) is 100 Å². The van der Waals surface area contributed by atoms with Gasteiger partial charge in [0.25, 0.3) is 5.56 Å². The van der Waals surface area contributed by atoms with Gasteiger partial charge in [0.2, 0.25) is 0 Å². The first kappa shape index (κ1) is 27.4. The van der Waals surface area contributed by atoms with Gasteiger partial charge in [0.05, 0.1) is 13.0 Å². The lowest BCUT2D eigenvalue weighted by Crippen LogP contribution is -2.22. The number of carboxylic acids is 1. The van der Waals surface area contributed by atoms with Crippen LogP contribution in [-0.2, 0) is 17.8 Å². The van der Waals surface area contributed by atoms with Crippen molar-refractivity contribution in [1.82, 2.24) is 4.57 Å². The van der Waals surface area contributed by atoms with Crippen molar-refractivity contribution < 1.29 is 14.7 Å². The Morgan fingerprint density at radius 1 is 0.923 bits per heavy atom. The lowest BCUT2D eigenvalue weighted by atomic mass is 9.97. The molecule has 1 aromatic heterocycles. The average Bonchev–Trinajstić information content (AvgIpc) is 2.91. The molecule has 0 radical (unpaired) electrons. The van der Waals surface area contributed by atoms with Crippen LogP contribution in [0.5, 0.6) is 0 Å². The fraction of sp³-hybridized carbons (Fsp3) is 0.219. The molecule has 3 aromatic carbocycles. The Labute approximate surface area is 228 Å². The van der Waals surface area contributed by atoms with Crippen LogP contribution >= 0.6 is 0 Å². The molecule has 0 unspecified atom stereocenters. The summed E-state index contributed by atoms with van der Waals surface area (Å²) in [5, 5.41) is 14.9. The van der Waals surface area contributed by atoms with Gasteiger partial charge in [-0.15, -0.1) is 0 Å². The van der Waals surface area contributed by atoms with Crippen LogP contribution < -0.4 is 16.2 Å². The molecule has 1 atom stereocenters.